The zero-order valence-corrected chi connectivity index (χ0v) is 18.0. The summed E-state index contributed by atoms with van der Waals surface area (Å²) in [6, 6.07) is 20.7. The molecule has 0 bridgehead atoms. The van der Waals surface area contributed by atoms with E-state index >= 15 is 0 Å². The predicted octanol–water partition coefficient (Wildman–Crippen LogP) is 5.40. The maximum Gasteiger partial charge on any atom is 0.265 e. The number of carbonyl (C=O) groups is 2. The molecule has 2 amide bonds. The van der Waals surface area contributed by atoms with Gasteiger partial charge < -0.3 is 20.1 Å². The van der Waals surface area contributed by atoms with Gasteiger partial charge in [-0.1, -0.05) is 23.7 Å². The second-order valence-corrected chi connectivity index (χ2v) is 7.08. The Hall–Kier alpha value is -3.51. The molecule has 0 fully saturated rings. The van der Waals surface area contributed by atoms with Crippen LogP contribution in [0.5, 0.6) is 11.5 Å². The van der Waals surface area contributed by atoms with Crippen molar-refractivity contribution < 1.29 is 19.1 Å². The quantitative estimate of drug-likeness (QED) is 0.494. The molecule has 3 aromatic rings. The lowest BCUT2D eigenvalue weighted by molar-refractivity contribution is -0.122. The van der Waals surface area contributed by atoms with Crippen LogP contribution in [0.25, 0.3) is 0 Å². The van der Waals surface area contributed by atoms with Gasteiger partial charge in [-0.3, -0.25) is 9.59 Å². The van der Waals surface area contributed by atoms with E-state index in [0.29, 0.717) is 40.1 Å². The predicted molar refractivity (Wildman–Crippen MR) is 122 cm³/mol. The van der Waals surface area contributed by atoms with Gasteiger partial charge in [0, 0.05) is 16.9 Å². The van der Waals surface area contributed by atoms with Crippen molar-refractivity contribution in [2.24, 2.45) is 0 Å². The Labute approximate surface area is 186 Å². The molecule has 31 heavy (non-hydrogen) atoms. The maximum atomic E-state index is 12.4. The van der Waals surface area contributed by atoms with Crippen LogP contribution >= 0.6 is 11.6 Å². The largest absolute Gasteiger partial charge is 0.494 e. The highest BCUT2D eigenvalue weighted by Crippen LogP contribution is 2.24. The van der Waals surface area contributed by atoms with E-state index in [1.54, 1.807) is 79.7 Å². The van der Waals surface area contributed by atoms with Crippen LogP contribution in [0.1, 0.15) is 24.2 Å². The molecule has 3 rings (SSSR count). The first-order chi connectivity index (χ1) is 15.0. The lowest BCUT2D eigenvalue weighted by Crippen LogP contribution is -2.30. The molecule has 1 unspecified atom stereocenters. The SMILES string of the molecule is CCOc1ccc(C(=O)Nc2ccc(NC(=O)C(C)Oc3ccccc3Cl)cc2)cc1. The van der Waals surface area contributed by atoms with E-state index in [-0.39, 0.29) is 11.8 Å². The minimum atomic E-state index is -0.737. The smallest absolute Gasteiger partial charge is 0.265 e. The van der Waals surface area contributed by atoms with E-state index in [1.165, 1.54) is 0 Å². The lowest BCUT2D eigenvalue weighted by Gasteiger charge is -2.15. The van der Waals surface area contributed by atoms with Gasteiger partial charge in [0.25, 0.3) is 11.8 Å². The molecule has 0 spiro atoms. The number of rotatable bonds is 8. The number of anilines is 2. The van der Waals surface area contributed by atoms with Gasteiger partial charge in [-0.15, -0.1) is 0 Å². The van der Waals surface area contributed by atoms with Crippen molar-refractivity contribution in [3.63, 3.8) is 0 Å². The molecular formula is C24H23ClN2O4. The number of benzene rings is 3. The number of hydrogen-bond acceptors (Lipinski definition) is 4. The second kappa shape index (κ2) is 10.5. The van der Waals surface area contributed by atoms with E-state index in [4.69, 9.17) is 21.1 Å². The Bertz CT molecular complexity index is 1040. The summed E-state index contributed by atoms with van der Waals surface area (Å²) in [6.07, 6.45) is -0.737. The summed E-state index contributed by atoms with van der Waals surface area (Å²) in [7, 11) is 0. The zero-order chi connectivity index (χ0) is 22.2. The van der Waals surface area contributed by atoms with E-state index in [1.807, 2.05) is 6.92 Å². The molecular weight excluding hydrogens is 416 g/mol. The molecule has 0 aliphatic heterocycles. The molecule has 160 valence electrons. The van der Waals surface area contributed by atoms with Crippen LogP contribution < -0.4 is 20.1 Å². The van der Waals surface area contributed by atoms with Crippen LogP contribution in [0.4, 0.5) is 11.4 Å². The minimum absolute atomic E-state index is 0.235. The van der Waals surface area contributed by atoms with E-state index in [2.05, 4.69) is 10.6 Å². The maximum absolute atomic E-state index is 12.4. The molecule has 0 aromatic heterocycles. The third-order valence-corrected chi connectivity index (χ3v) is 4.66. The van der Waals surface area contributed by atoms with Crippen LogP contribution in [0.3, 0.4) is 0 Å². The number of halogens is 1. The van der Waals surface area contributed by atoms with Crippen LogP contribution in [0.2, 0.25) is 5.02 Å². The Morgan fingerprint density at radius 2 is 1.52 bits per heavy atom. The van der Waals surface area contributed by atoms with Crippen LogP contribution in [-0.4, -0.2) is 24.5 Å². The van der Waals surface area contributed by atoms with Crippen molar-refractivity contribution in [3.05, 3.63) is 83.4 Å². The summed E-state index contributed by atoms with van der Waals surface area (Å²) < 4.78 is 11.0. The van der Waals surface area contributed by atoms with Gasteiger partial charge in [0.05, 0.1) is 11.6 Å². The minimum Gasteiger partial charge on any atom is -0.494 e. The van der Waals surface area contributed by atoms with Gasteiger partial charge >= 0.3 is 0 Å². The number of amides is 2. The highest BCUT2D eigenvalue weighted by atomic mass is 35.5. The first kappa shape index (κ1) is 22.2. The van der Waals surface area contributed by atoms with Crippen molar-refractivity contribution in [1.29, 1.82) is 0 Å². The summed E-state index contributed by atoms with van der Waals surface area (Å²) in [5.74, 6) is 0.610. The molecule has 1 atom stereocenters. The average Bonchev–Trinajstić information content (AvgIpc) is 2.77. The van der Waals surface area contributed by atoms with Gasteiger partial charge in [0.2, 0.25) is 0 Å². The lowest BCUT2D eigenvalue weighted by atomic mass is 10.2. The summed E-state index contributed by atoms with van der Waals surface area (Å²) in [4.78, 5) is 24.8. The molecule has 0 aliphatic carbocycles. The summed E-state index contributed by atoms with van der Waals surface area (Å²) in [5.41, 5.74) is 1.71. The number of carbonyl (C=O) groups excluding carboxylic acids is 2. The van der Waals surface area contributed by atoms with E-state index < -0.39 is 6.10 Å². The van der Waals surface area contributed by atoms with E-state index in [9.17, 15) is 9.59 Å². The van der Waals surface area contributed by atoms with Gasteiger partial charge in [-0.25, -0.2) is 0 Å². The molecule has 6 nitrogen and oxygen atoms in total. The zero-order valence-electron chi connectivity index (χ0n) is 17.2. The first-order valence-corrected chi connectivity index (χ1v) is 10.2. The number of para-hydroxylation sites is 1. The average molecular weight is 439 g/mol. The third-order valence-electron chi connectivity index (χ3n) is 4.35. The van der Waals surface area contributed by atoms with Gasteiger partial charge in [0.15, 0.2) is 6.10 Å². The molecule has 7 heteroatoms. The Kier molecular flexibility index (Phi) is 7.51. The van der Waals surface area contributed by atoms with Crippen molar-refractivity contribution in [3.8, 4) is 11.5 Å². The van der Waals surface area contributed by atoms with Crippen LogP contribution in [0.15, 0.2) is 72.8 Å². The number of ether oxygens (including phenoxy) is 2. The topological polar surface area (TPSA) is 76.7 Å². The fraction of sp³-hybridized carbons (Fsp3) is 0.167. The fourth-order valence-corrected chi connectivity index (χ4v) is 2.92. The highest BCUT2D eigenvalue weighted by Gasteiger charge is 2.16. The van der Waals surface area contributed by atoms with Crippen LogP contribution in [0, 0.1) is 0 Å². The summed E-state index contributed by atoms with van der Waals surface area (Å²) in [6.45, 7) is 4.11. The third kappa shape index (κ3) is 6.23. The molecule has 0 saturated heterocycles. The summed E-state index contributed by atoms with van der Waals surface area (Å²) in [5, 5.41) is 6.04. The molecule has 3 aromatic carbocycles. The van der Waals surface area contributed by atoms with Crippen molar-refractivity contribution in [2.75, 3.05) is 17.2 Å². The van der Waals surface area contributed by atoms with Gasteiger partial charge in [-0.2, -0.15) is 0 Å². The van der Waals surface area contributed by atoms with Crippen molar-refractivity contribution in [2.45, 2.75) is 20.0 Å². The molecule has 0 aliphatic rings. The number of nitrogens with one attached hydrogen (secondary N) is 2. The Balaban J connectivity index is 1.55. The van der Waals surface area contributed by atoms with Crippen molar-refractivity contribution >= 4 is 34.8 Å². The first-order valence-electron chi connectivity index (χ1n) is 9.82. The highest BCUT2D eigenvalue weighted by molar-refractivity contribution is 6.32. The standard InChI is InChI=1S/C24H23ClN2O4/c1-3-30-20-14-8-17(9-15-20)24(29)27-19-12-10-18(11-13-19)26-23(28)16(2)31-22-7-5-4-6-21(22)25/h4-16H,3H2,1-2H3,(H,26,28)(H,27,29). The normalized spacial score (nSPS) is 11.3. The van der Waals surface area contributed by atoms with E-state index in [0.717, 1.165) is 0 Å². The number of hydrogen-bond donors (Lipinski definition) is 2. The van der Waals surface area contributed by atoms with Gasteiger partial charge in [0.1, 0.15) is 11.5 Å². The van der Waals surface area contributed by atoms with Crippen molar-refractivity contribution in [1.82, 2.24) is 0 Å². The summed E-state index contributed by atoms with van der Waals surface area (Å²) >= 11 is 6.06. The Morgan fingerprint density at radius 3 is 2.13 bits per heavy atom. The molecule has 0 heterocycles. The molecule has 0 saturated carbocycles. The van der Waals surface area contributed by atoms with Gasteiger partial charge in [-0.05, 0) is 74.5 Å². The Morgan fingerprint density at radius 1 is 0.903 bits per heavy atom. The second-order valence-electron chi connectivity index (χ2n) is 6.67. The molecule has 2 N–H and O–H groups in total. The molecule has 0 radical (unpaired) electrons. The van der Waals surface area contributed by atoms with Crippen LogP contribution in [-0.2, 0) is 4.79 Å². The fourth-order valence-electron chi connectivity index (χ4n) is 2.74. The monoisotopic (exact) mass is 438 g/mol.